The molecule has 31 heavy (non-hydrogen) atoms. The van der Waals surface area contributed by atoms with E-state index in [0.717, 1.165) is 11.3 Å². The average Bonchev–Trinajstić information content (AvgIpc) is 2.94. The predicted octanol–water partition coefficient (Wildman–Crippen LogP) is 1.22. The molecule has 0 aliphatic carbocycles. The summed E-state index contributed by atoms with van der Waals surface area (Å²) in [7, 11) is 1.31. The second-order valence-corrected chi connectivity index (χ2v) is 7.30. The Morgan fingerprint density at radius 1 is 1.16 bits per heavy atom. The molecule has 3 heterocycles. The molecule has 3 rings (SSSR count). The van der Waals surface area contributed by atoms with Crippen molar-refractivity contribution in [3.63, 3.8) is 0 Å². The molecule has 1 aliphatic heterocycles. The van der Waals surface area contributed by atoms with Gasteiger partial charge in [0.05, 0.1) is 26.2 Å². The first-order valence-electron chi connectivity index (χ1n) is 10.0. The highest BCUT2D eigenvalue weighted by molar-refractivity contribution is 5.95. The van der Waals surface area contributed by atoms with E-state index >= 15 is 0 Å². The number of hydrogen-bond donors (Lipinski definition) is 0. The van der Waals surface area contributed by atoms with Crippen molar-refractivity contribution < 1.29 is 23.9 Å². The van der Waals surface area contributed by atoms with Crippen molar-refractivity contribution in [3.05, 3.63) is 59.7 Å². The largest absolute Gasteiger partial charge is 0.469 e. The van der Waals surface area contributed by atoms with Crippen molar-refractivity contribution in [2.24, 2.45) is 0 Å². The molecule has 9 nitrogen and oxygen atoms in total. The number of nitrogens with zero attached hydrogens (tertiary/aromatic N) is 4. The molecule has 0 N–H and O–H groups in total. The Morgan fingerprint density at radius 2 is 1.94 bits per heavy atom. The molecule has 1 unspecified atom stereocenters. The lowest BCUT2D eigenvalue weighted by molar-refractivity contribution is -0.142. The summed E-state index contributed by atoms with van der Waals surface area (Å²) in [5.41, 5.74) is 1.94. The minimum Gasteiger partial charge on any atom is -0.469 e. The van der Waals surface area contributed by atoms with Crippen LogP contribution in [0.2, 0.25) is 0 Å². The van der Waals surface area contributed by atoms with Gasteiger partial charge in [0.2, 0.25) is 5.91 Å². The molecule has 0 saturated carbocycles. The standard InChI is InChI=1S/C22H26N4O5/c1-16-4-3-5-19(24-16)22(29)26-13-18(31-15-17-6-9-23-10-7-17)12-25(20(27)14-26)11-8-21(28)30-2/h3-7,9-10,18H,8,11-15H2,1-2H3. The Morgan fingerprint density at radius 3 is 2.65 bits per heavy atom. The van der Waals surface area contributed by atoms with Crippen LogP contribution in [-0.4, -0.2) is 76.9 Å². The van der Waals surface area contributed by atoms with Crippen LogP contribution < -0.4 is 0 Å². The van der Waals surface area contributed by atoms with Gasteiger partial charge in [0.15, 0.2) is 0 Å². The van der Waals surface area contributed by atoms with Gasteiger partial charge in [0, 0.05) is 37.7 Å². The summed E-state index contributed by atoms with van der Waals surface area (Å²) in [6.45, 7) is 2.72. The van der Waals surface area contributed by atoms with Crippen LogP contribution in [-0.2, 0) is 25.7 Å². The van der Waals surface area contributed by atoms with E-state index in [2.05, 4.69) is 14.7 Å². The summed E-state index contributed by atoms with van der Waals surface area (Å²) in [6, 6.07) is 8.88. The number of hydrogen-bond acceptors (Lipinski definition) is 7. The van der Waals surface area contributed by atoms with Crippen LogP contribution in [0.3, 0.4) is 0 Å². The Kier molecular flexibility index (Phi) is 7.66. The fourth-order valence-electron chi connectivity index (χ4n) is 3.30. The summed E-state index contributed by atoms with van der Waals surface area (Å²) in [6.07, 6.45) is 3.01. The van der Waals surface area contributed by atoms with Crippen molar-refractivity contribution in [1.82, 2.24) is 19.8 Å². The third-order valence-corrected chi connectivity index (χ3v) is 4.97. The number of carbonyl (C=O) groups excluding carboxylic acids is 3. The van der Waals surface area contributed by atoms with Crippen LogP contribution in [0.15, 0.2) is 42.7 Å². The molecule has 1 fully saturated rings. The summed E-state index contributed by atoms with van der Waals surface area (Å²) in [5.74, 6) is -0.979. The average molecular weight is 426 g/mol. The lowest BCUT2D eigenvalue weighted by atomic mass is 10.2. The van der Waals surface area contributed by atoms with Crippen LogP contribution in [0.5, 0.6) is 0 Å². The number of amides is 2. The Bertz CT molecular complexity index is 921. The zero-order valence-electron chi connectivity index (χ0n) is 17.7. The molecule has 1 atom stereocenters. The number of esters is 1. The first-order chi connectivity index (χ1) is 15.0. The molecule has 2 aromatic rings. The number of methoxy groups -OCH3 is 1. The predicted molar refractivity (Wildman–Crippen MR) is 111 cm³/mol. The van der Waals surface area contributed by atoms with E-state index in [-0.39, 0.29) is 50.1 Å². The van der Waals surface area contributed by atoms with Gasteiger partial charge in [-0.25, -0.2) is 4.98 Å². The van der Waals surface area contributed by atoms with Gasteiger partial charge in [-0.3, -0.25) is 19.4 Å². The van der Waals surface area contributed by atoms with Crippen molar-refractivity contribution in [2.45, 2.75) is 26.1 Å². The molecular weight excluding hydrogens is 400 g/mol. The lowest BCUT2D eigenvalue weighted by Gasteiger charge is -2.24. The van der Waals surface area contributed by atoms with Crippen LogP contribution >= 0.6 is 0 Å². The van der Waals surface area contributed by atoms with E-state index in [1.807, 2.05) is 12.1 Å². The number of rotatable bonds is 7. The molecule has 9 heteroatoms. The van der Waals surface area contributed by atoms with Gasteiger partial charge in [0.1, 0.15) is 12.2 Å². The summed E-state index contributed by atoms with van der Waals surface area (Å²) in [4.78, 5) is 48.7. The zero-order chi connectivity index (χ0) is 22.2. The van der Waals surface area contributed by atoms with Crippen LogP contribution in [0.1, 0.15) is 28.2 Å². The second kappa shape index (κ2) is 10.6. The molecule has 1 aliphatic rings. The third kappa shape index (κ3) is 6.32. The maximum atomic E-state index is 13.0. The van der Waals surface area contributed by atoms with E-state index in [4.69, 9.17) is 4.74 Å². The molecule has 0 bridgehead atoms. The minimum atomic E-state index is -0.425. The first-order valence-corrected chi connectivity index (χ1v) is 10.0. The number of aromatic nitrogens is 2. The summed E-state index contributed by atoms with van der Waals surface area (Å²) < 4.78 is 10.7. The molecule has 0 radical (unpaired) electrons. The van der Waals surface area contributed by atoms with Gasteiger partial charge in [-0.2, -0.15) is 0 Å². The fraction of sp³-hybridized carbons (Fsp3) is 0.409. The van der Waals surface area contributed by atoms with Crippen molar-refractivity contribution in [3.8, 4) is 0 Å². The van der Waals surface area contributed by atoms with Gasteiger partial charge in [-0.1, -0.05) is 6.07 Å². The van der Waals surface area contributed by atoms with Gasteiger partial charge in [-0.05, 0) is 36.8 Å². The fourth-order valence-corrected chi connectivity index (χ4v) is 3.30. The topological polar surface area (TPSA) is 102 Å². The van der Waals surface area contributed by atoms with Crippen LogP contribution in [0, 0.1) is 6.92 Å². The second-order valence-electron chi connectivity index (χ2n) is 7.30. The number of aryl methyl sites for hydroxylation is 1. The smallest absolute Gasteiger partial charge is 0.307 e. The zero-order valence-corrected chi connectivity index (χ0v) is 17.7. The highest BCUT2D eigenvalue weighted by atomic mass is 16.5. The van der Waals surface area contributed by atoms with E-state index in [1.54, 1.807) is 42.4 Å². The normalized spacial score (nSPS) is 16.7. The minimum absolute atomic E-state index is 0.0761. The Balaban J connectivity index is 1.76. The SMILES string of the molecule is COC(=O)CCN1CC(OCc2ccncc2)CN(C(=O)c2cccc(C)n2)CC1=O. The molecule has 2 amide bonds. The molecule has 2 aromatic heterocycles. The summed E-state index contributed by atoms with van der Waals surface area (Å²) >= 11 is 0. The van der Waals surface area contributed by atoms with Gasteiger partial charge in [-0.15, -0.1) is 0 Å². The monoisotopic (exact) mass is 426 g/mol. The Hall–Kier alpha value is -3.33. The van der Waals surface area contributed by atoms with Gasteiger partial charge >= 0.3 is 5.97 Å². The Labute approximate surface area is 181 Å². The first kappa shape index (κ1) is 22.4. The van der Waals surface area contributed by atoms with E-state index < -0.39 is 12.1 Å². The highest BCUT2D eigenvalue weighted by Gasteiger charge is 2.32. The van der Waals surface area contributed by atoms with Gasteiger partial charge in [0.25, 0.3) is 5.91 Å². The quantitative estimate of drug-likeness (QED) is 0.614. The molecule has 1 saturated heterocycles. The van der Waals surface area contributed by atoms with E-state index in [0.29, 0.717) is 6.61 Å². The van der Waals surface area contributed by atoms with Crippen molar-refractivity contribution in [2.75, 3.05) is 33.3 Å². The number of ether oxygens (including phenoxy) is 2. The van der Waals surface area contributed by atoms with E-state index in [9.17, 15) is 14.4 Å². The maximum absolute atomic E-state index is 13.0. The summed E-state index contributed by atoms with van der Waals surface area (Å²) in [5, 5.41) is 0. The molecule has 164 valence electrons. The third-order valence-electron chi connectivity index (χ3n) is 4.97. The van der Waals surface area contributed by atoms with E-state index in [1.165, 1.54) is 12.0 Å². The van der Waals surface area contributed by atoms with Crippen molar-refractivity contribution >= 4 is 17.8 Å². The van der Waals surface area contributed by atoms with Crippen LogP contribution in [0.25, 0.3) is 0 Å². The lowest BCUT2D eigenvalue weighted by Crippen LogP contribution is -2.40. The maximum Gasteiger partial charge on any atom is 0.307 e. The highest BCUT2D eigenvalue weighted by Crippen LogP contribution is 2.14. The molecule has 0 spiro atoms. The van der Waals surface area contributed by atoms with Crippen molar-refractivity contribution in [1.29, 1.82) is 0 Å². The molecule has 0 aromatic carbocycles. The number of carbonyl (C=O) groups is 3. The van der Waals surface area contributed by atoms with Gasteiger partial charge < -0.3 is 19.3 Å². The van der Waals surface area contributed by atoms with Crippen LogP contribution in [0.4, 0.5) is 0 Å². The molecular formula is C22H26N4O5. The number of pyridine rings is 2.